The fourth-order valence-corrected chi connectivity index (χ4v) is 3.32. The lowest BCUT2D eigenvalue weighted by Gasteiger charge is -2.28. The number of amides is 3. The first-order valence-corrected chi connectivity index (χ1v) is 9.07. The molecule has 0 bridgehead atoms. The van der Waals surface area contributed by atoms with Crippen LogP contribution in [0.25, 0.3) is 0 Å². The van der Waals surface area contributed by atoms with E-state index in [1.165, 1.54) is 4.90 Å². The molecule has 1 heterocycles. The summed E-state index contributed by atoms with van der Waals surface area (Å²) in [5.74, 6) is 0.991. The van der Waals surface area contributed by atoms with E-state index in [-0.39, 0.29) is 19.1 Å². The lowest BCUT2D eigenvalue weighted by atomic mass is 9.82. The maximum atomic E-state index is 13.5. The summed E-state index contributed by atoms with van der Waals surface area (Å²) in [6.45, 7) is 2.86. The Labute approximate surface area is 164 Å². The molecular formula is C21H24N2O5. The van der Waals surface area contributed by atoms with Gasteiger partial charge in [-0.05, 0) is 42.3 Å². The number of rotatable bonds is 8. The highest BCUT2D eigenvalue weighted by molar-refractivity contribution is 6.09. The molecule has 2 aromatic rings. The van der Waals surface area contributed by atoms with Crippen molar-refractivity contribution in [2.75, 3.05) is 34.0 Å². The van der Waals surface area contributed by atoms with E-state index in [2.05, 4.69) is 5.32 Å². The van der Waals surface area contributed by atoms with Crippen molar-refractivity contribution < 1.29 is 23.8 Å². The molecule has 0 radical (unpaired) electrons. The van der Waals surface area contributed by atoms with Crippen LogP contribution in [0.3, 0.4) is 0 Å². The van der Waals surface area contributed by atoms with E-state index < -0.39 is 11.6 Å². The molecule has 0 spiro atoms. The number of hydrogen-bond acceptors (Lipinski definition) is 5. The summed E-state index contributed by atoms with van der Waals surface area (Å²) in [7, 11) is 3.15. The Morgan fingerprint density at radius 1 is 0.893 bits per heavy atom. The summed E-state index contributed by atoms with van der Waals surface area (Å²) >= 11 is 0. The second-order valence-corrected chi connectivity index (χ2v) is 6.29. The SMILES string of the molecule is CCOCCN1C(=O)NC(c2ccc(OC)cc2)(c2ccc(OC)cc2)C1=O. The Morgan fingerprint density at radius 2 is 1.39 bits per heavy atom. The second-order valence-electron chi connectivity index (χ2n) is 6.29. The van der Waals surface area contributed by atoms with Gasteiger partial charge < -0.3 is 19.5 Å². The Balaban J connectivity index is 2.06. The number of carbonyl (C=O) groups is 2. The molecule has 7 nitrogen and oxygen atoms in total. The van der Waals surface area contributed by atoms with Gasteiger partial charge in [0.05, 0.1) is 27.4 Å². The first-order chi connectivity index (χ1) is 13.6. The molecule has 3 amide bonds. The molecule has 2 aromatic carbocycles. The van der Waals surface area contributed by atoms with Gasteiger partial charge in [0.25, 0.3) is 5.91 Å². The van der Waals surface area contributed by atoms with Crippen LogP contribution in [0.15, 0.2) is 48.5 Å². The average molecular weight is 384 g/mol. The summed E-state index contributed by atoms with van der Waals surface area (Å²) in [5, 5.41) is 2.90. The largest absolute Gasteiger partial charge is 0.497 e. The molecule has 1 N–H and O–H groups in total. The van der Waals surface area contributed by atoms with Crippen LogP contribution in [0, 0.1) is 0 Å². The molecule has 0 atom stereocenters. The molecular weight excluding hydrogens is 360 g/mol. The minimum Gasteiger partial charge on any atom is -0.497 e. The highest BCUT2D eigenvalue weighted by Gasteiger charge is 2.53. The predicted molar refractivity (Wildman–Crippen MR) is 104 cm³/mol. The standard InChI is InChI=1S/C21H24N2O5/c1-4-28-14-13-23-19(24)21(22-20(23)25,15-5-9-17(26-2)10-6-15)16-7-11-18(27-3)12-8-16/h5-12H,4,13-14H2,1-3H3,(H,22,25). The molecule has 1 saturated heterocycles. The summed E-state index contributed by atoms with van der Waals surface area (Å²) < 4.78 is 15.8. The van der Waals surface area contributed by atoms with Gasteiger partial charge in [-0.25, -0.2) is 4.79 Å². The molecule has 0 aliphatic carbocycles. The normalized spacial score (nSPS) is 15.5. The van der Waals surface area contributed by atoms with E-state index in [0.717, 1.165) is 0 Å². The maximum absolute atomic E-state index is 13.5. The first-order valence-electron chi connectivity index (χ1n) is 9.07. The first kappa shape index (κ1) is 19.7. The van der Waals surface area contributed by atoms with E-state index in [1.807, 2.05) is 6.92 Å². The summed E-state index contributed by atoms with van der Waals surface area (Å²) in [5.41, 5.74) is -0.0200. The number of nitrogens with one attached hydrogen (secondary N) is 1. The number of urea groups is 1. The smallest absolute Gasteiger partial charge is 0.325 e. The fraction of sp³-hybridized carbons (Fsp3) is 0.333. The molecule has 1 aliphatic rings. The van der Waals surface area contributed by atoms with E-state index in [4.69, 9.17) is 14.2 Å². The number of imide groups is 1. The van der Waals surface area contributed by atoms with Crippen LogP contribution in [0.2, 0.25) is 0 Å². The van der Waals surface area contributed by atoms with E-state index in [1.54, 1.807) is 62.8 Å². The highest BCUT2D eigenvalue weighted by atomic mass is 16.5. The third-order valence-electron chi connectivity index (χ3n) is 4.81. The van der Waals surface area contributed by atoms with Crippen molar-refractivity contribution in [3.05, 3.63) is 59.7 Å². The summed E-state index contributed by atoms with van der Waals surface area (Å²) in [6, 6.07) is 13.8. The molecule has 7 heteroatoms. The Kier molecular flexibility index (Phi) is 5.84. The van der Waals surface area contributed by atoms with E-state index >= 15 is 0 Å². The topological polar surface area (TPSA) is 77.1 Å². The van der Waals surface area contributed by atoms with Crippen LogP contribution in [0.4, 0.5) is 4.79 Å². The van der Waals surface area contributed by atoms with Gasteiger partial charge in [0.15, 0.2) is 5.54 Å². The van der Waals surface area contributed by atoms with Gasteiger partial charge >= 0.3 is 6.03 Å². The lowest BCUT2D eigenvalue weighted by Crippen LogP contribution is -2.45. The number of benzene rings is 2. The average Bonchev–Trinajstić information content (AvgIpc) is 2.99. The maximum Gasteiger partial charge on any atom is 0.325 e. The quantitative estimate of drug-likeness (QED) is 0.559. The predicted octanol–water partition coefficient (Wildman–Crippen LogP) is 2.54. The number of methoxy groups -OCH3 is 2. The van der Waals surface area contributed by atoms with Crippen LogP contribution < -0.4 is 14.8 Å². The molecule has 148 valence electrons. The summed E-state index contributed by atoms with van der Waals surface area (Å²) in [6.07, 6.45) is 0. The van der Waals surface area contributed by atoms with Gasteiger partial charge in [0.1, 0.15) is 11.5 Å². The third kappa shape index (κ3) is 3.41. The van der Waals surface area contributed by atoms with Gasteiger partial charge in [-0.3, -0.25) is 9.69 Å². The van der Waals surface area contributed by atoms with Gasteiger partial charge in [0.2, 0.25) is 0 Å². The van der Waals surface area contributed by atoms with Crippen LogP contribution in [-0.4, -0.2) is 50.8 Å². The van der Waals surface area contributed by atoms with Crippen molar-refractivity contribution in [3.63, 3.8) is 0 Å². The van der Waals surface area contributed by atoms with Crippen LogP contribution in [-0.2, 0) is 15.1 Å². The number of nitrogens with zero attached hydrogens (tertiary/aromatic N) is 1. The van der Waals surface area contributed by atoms with Crippen molar-refractivity contribution in [1.82, 2.24) is 10.2 Å². The van der Waals surface area contributed by atoms with Crippen molar-refractivity contribution >= 4 is 11.9 Å². The van der Waals surface area contributed by atoms with Crippen LogP contribution in [0.5, 0.6) is 11.5 Å². The molecule has 3 rings (SSSR count). The van der Waals surface area contributed by atoms with Gasteiger partial charge in [-0.15, -0.1) is 0 Å². The number of ether oxygens (including phenoxy) is 3. The van der Waals surface area contributed by atoms with Crippen molar-refractivity contribution in [3.8, 4) is 11.5 Å². The van der Waals surface area contributed by atoms with Crippen molar-refractivity contribution in [2.24, 2.45) is 0 Å². The van der Waals surface area contributed by atoms with Crippen LogP contribution in [0.1, 0.15) is 18.1 Å². The van der Waals surface area contributed by atoms with Crippen LogP contribution >= 0.6 is 0 Å². The number of hydrogen-bond donors (Lipinski definition) is 1. The fourth-order valence-electron chi connectivity index (χ4n) is 3.32. The molecule has 1 aliphatic heterocycles. The minimum atomic E-state index is -1.32. The zero-order chi connectivity index (χ0) is 20.1. The van der Waals surface area contributed by atoms with E-state index in [0.29, 0.717) is 29.2 Å². The molecule has 0 unspecified atom stereocenters. The second kappa shape index (κ2) is 8.31. The Hall–Kier alpha value is -3.06. The molecule has 0 aromatic heterocycles. The Bertz CT molecular complexity index is 785. The number of carbonyl (C=O) groups excluding carboxylic acids is 2. The molecule has 0 saturated carbocycles. The van der Waals surface area contributed by atoms with Gasteiger partial charge in [-0.2, -0.15) is 0 Å². The van der Waals surface area contributed by atoms with E-state index in [9.17, 15) is 9.59 Å². The molecule has 28 heavy (non-hydrogen) atoms. The zero-order valence-corrected chi connectivity index (χ0v) is 16.2. The summed E-state index contributed by atoms with van der Waals surface area (Å²) in [4.78, 5) is 27.3. The zero-order valence-electron chi connectivity index (χ0n) is 16.2. The monoisotopic (exact) mass is 384 g/mol. The Morgan fingerprint density at radius 3 is 1.82 bits per heavy atom. The minimum absolute atomic E-state index is 0.187. The van der Waals surface area contributed by atoms with Gasteiger partial charge in [0, 0.05) is 6.61 Å². The molecule has 1 fully saturated rings. The highest BCUT2D eigenvalue weighted by Crippen LogP contribution is 2.37. The third-order valence-corrected chi connectivity index (χ3v) is 4.81. The van der Waals surface area contributed by atoms with Crippen molar-refractivity contribution in [2.45, 2.75) is 12.5 Å². The van der Waals surface area contributed by atoms with Gasteiger partial charge in [-0.1, -0.05) is 24.3 Å². The van der Waals surface area contributed by atoms with Crippen molar-refractivity contribution in [1.29, 1.82) is 0 Å². The lowest BCUT2D eigenvalue weighted by molar-refractivity contribution is -0.130.